The van der Waals surface area contributed by atoms with Crippen molar-refractivity contribution in [1.29, 1.82) is 0 Å². The van der Waals surface area contributed by atoms with E-state index in [4.69, 9.17) is 4.52 Å². The Hall–Kier alpha value is 0.190. The molecule has 0 aliphatic rings. The van der Waals surface area contributed by atoms with Crippen LogP contribution in [0.3, 0.4) is 0 Å². The zero-order valence-corrected chi connectivity index (χ0v) is 8.86. The van der Waals surface area contributed by atoms with Crippen molar-refractivity contribution < 1.29 is 9.09 Å². The summed E-state index contributed by atoms with van der Waals surface area (Å²) in [7, 11) is -2.25. The minimum absolute atomic E-state index is 0.140. The van der Waals surface area contributed by atoms with Crippen LogP contribution in [0.25, 0.3) is 0 Å². The third-order valence-corrected chi connectivity index (χ3v) is 4.58. The Bertz CT molecular complexity index is 137. The number of rotatable bonds is 5. The molecule has 11 heavy (non-hydrogen) atoms. The van der Waals surface area contributed by atoms with Crippen molar-refractivity contribution in [3.8, 4) is 0 Å². The summed E-state index contributed by atoms with van der Waals surface area (Å²) in [5.41, 5.74) is 0. The predicted molar refractivity (Wildman–Crippen MR) is 49.5 cm³/mol. The molecule has 0 N–H and O–H groups in total. The van der Waals surface area contributed by atoms with E-state index in [1.165, 1.54) is 0 Å². The average Bonchev–Trinajstić information content (AvgIpc) is 2.04. The molecule has 2 nitrogen and oxygen atoms in total. The second-order valence-electron chi connectivity index (χ2n) is 2.77. The first-order valence-electron chi connectivity index (χ1n) is 4.34. The van der Waals surface area contributed by atoms with Gasteiger partial charge in [0.1, 0.15) is 0 Å². The van der Waals surface area contributed by atoms with Gasteiger partial charge in [-0.1, -0.05) is 20.8 Å². The maximum absolute atomic E-state index is 11.7. The molecule has 3 heteroatoms. The van der Waals surface area contributed by atoms with Crippen LogP contribution >= 0.6 is 7.37 Å². The maximum Gasteiger partial charge on any atom is 0.202 e. The smallest absolute Gasteiger partial charge is 0.202 e. The number of hydrogen-bond donors (Lipinski definition) is 0. The Morgan fingerprint density at radius 3 is 2.00 bits per heavy atom. The van der Waals surface area contributed by atoms with E-state index in [1.807, 2.05) is 27.7 Å². The molecule has 0 aromatic carbocycles. The van der Waals surface area contributed by atoms with Crippen LogP contribution in [0.15, 0.2) is 0 Å². The van der Waals surface area contributed by atoms with Gasteiger partial charge < -0.3 is 4.52 Å². The highest BCUT2D eigenvalue weighted by atomic mass is 31.2. The predicted octanol–water partition coefficient (Wildman–Crippen LogP) is 3.12. The van der Waals surface area contributed by atoms with Crippen molar-refractivity contribution in [2.45, 2.75) is 40.2 Å². The van der Waals surface area contributed by atoms with Gasteiger partial charge in [0.05, 0.1) is 6.10 Å². The van der Waals surface area contributed by atoms with Crippen molar-refractivity contribution in [3.63, 3.8) is 0 Å². The SMILES string of the molecule is CCC(C)OP(=O)(CC)CC. The topological polar surface area (TPSA) is 26.3 Å². The van der Waals surface area contributed by atoms with Gasteiger partial charge >= 0.3 is 0 Å². The van der Waals surface area contributed by atoms with Gasteiger partial charge in [0.2, 0.25) is 7.37 Å². The van der Waals surface area contributed by atoms with Crippen LogP contribution in [0.5, 0.6) is 0 Å². The lowest BCUT2D eigenvalue weighted by molar-refractivity contribution is 0.220. The van der Waals surface area contributed by atoms with E-state index in [1.54, 1.807) is 0 Å². The van der Waals surface area contributed by atoms with Gasteiger partial charge in [0, 0.05) is 12.3 Å². The third-order valence-electron chi connectivity index (χ3n) is 1.91. The summed E-state index contributed by atoms with van der Waals surface area (Å²) in [4.78, 5) is 0. The largest absolute Gasteiger partial charge is 0.325 e. The molecule has 0 aliphatic heterocycles. The normalized spacial score (nSPS) is 14.9. The third kappa shape index (κ3) is 3.93. The second-order valence-corrected chi connectivity index (χ2v) is 5.88. The molecule has 0 amide bonds. The molecule has 68 valence electrons. The van der Waals surface area contributed by atoms with Gasteiger partial charge in [0.15, 0.2) is 0 Å². The van der Waals surface area contributed by atoms with Crippen LogP contribution in [-0.4, -0.2) is 18.4 Å². The molecule has 0 aliphatic carbocycles. The van der Waals surface area contributed by atoms with Crippen LogP contribution in [0, 0.1) is 0 Å². The van der Waals surface area contributed by atoms with Crippen LogP contribution in [-0.2, 0) is 9.09 Å². The molecule has 0 radical (unpaired) electrons. The molecular weight excluding hydrogens is 159 g/mol. The first-order chi connectivity index (χ1) is 5.08. The quantitative estimate of drug-likeness (QED) is 0.604. The van der Waals surface area contributed by atoms with Gasteiger partial charge in [0.25, 0.3) is 0 Å². The lowest BCUT2D eigenvalue weighted by atomic mass is 10.3. The monoisotopic (exact) mass is 178 g/mol. The summed E-state index contributed by atoms with van der Waals surface area (Å²) in [6, 6.07) is 0. The summed E-state index contributed by atoms with van der Waals surface area (Å²) in [6.45, 7) is 7.86. The molecule has 0 aromatic rings. The molecule has 0 aromatic heterocycles. The summed E-state index contributed by atoms with van der Waals surface area (Å²) in [5.74, 6) is 0. The van der Waals surface area contributed by atoms with Gasteiger partial charge in [-0.05, 0) is 13.3 Å². The van der Waals surface area contributed by atoms with Gasteiger partial charge in [-0.2, -0.15) is 0 Å². The minimum atomic E-state index is -2.25. The van der Waals surface area contributed by atoms with Crippen molar-refractivity contribution in [1.82, 2.24) is 0 Å². The van der Waals surface area contributed by atoms with Crippen molar-refractivity contribution in [3.05, 3.63) is 0 Å². The average molecular weight is 178 g/mol. The van der Waals surface area contributed by atoms with Crippen molar-refractivity contribution in [2.24, 2.45) is 0 Å². The molecule has 0 heterocycles. The highest BCUT2D eigenvalue weighted by Gasteiger charge is 2.19. The number of hydrogen-bond acceptors (Lipinski definition) is 2. The fourth-order valence-electron chi connectivity index (χ4n) is 0.775. The molecule has 0 fully saturated rings. The van der Waals surface area contributed by atoms with E-state index in [9.17, 15) is 4.57 Å². The van der Waals surface area contributed by atoms with Crippen molar-refractivity contribution >= 4 is 7.37 Å². The molecule has 0 saturated heterocycles. The highest BCUT2D eigenvalue weighted by Crippen LogP contribution is 2.47. The zero-order valence-electron chi connectivity index (χ0n) is 7.96. The van der Waals surface area contributed by atoms with Crippen LogP contribution in [0.4, 0.5) is 0 Å². The summed E-state index contributed by atoms with van der Waals surface area (Å²) in [6.07, 6.45) is 2.40. The molecule has 0 saturated carbocycles. The molecule has 0 bridgehead atoms. The van der Waals surface area contributed by atoms with E-state index in [0.717, 1.165) is 6.42 Å². The van der Waals surface area contributed by atoms with Gasteiger partial charge in [-0.25, -0.2) is 0 Å². The van der Waals surface area contributed by atoms with E-state index >= 15 is 0 Å². The standard InChI is InChI=1S/C8H19O2P/c1-5-8(4)10-11(9,6-2)7-3/h8H,5-7H2,1-4H3. The summed E-state index contributed by atoms with van der Waals surface area (Å²) >= 11 is 0. The van der Waals surface area contributed by atoms with E-state index in [2.05, 4.69) is 0 Å². The van der Waals surface area contributed by atoms with Crippen LogP contribution in [0.1, 0.15) is 34.1 Å². The van der Waals surface area contributed by atoms with E-state index in [-0.39, 0.29) is 6.10 Å². The van der Waals surface area contributed by atoms with E-state index in [0.29, 0.717) is 12.3 Å². The fraction of sp³-hybridized carbons (Fsp3) is 1.00. The summed E-state index contributed by atoms with van der Waals surface area (Å²) in [5, 5.41) is 0. The maximum atomic E-state index is 11.7. The zero-order chi connectivity index (χ0) is 8.91. The molecule has 0 rings (SSSR count). The van der Waals surface area contributed by atoms with Gasteiger partial charge in [-0.3, -0.25) is 4.57 Å². The Labute approximate surface area is 69.8 Å². The van der Waals surface area contributed by atoms with Gasteiger partial charge in [-0.15, -0.1) is 0 Å². The first kappa shape index (κ1) is 11.2. The van der Waals surface area contributed by atoms with Crippen LogP contribution in [0.2, 0.25) is 0 Å². The molecule has 1 unspecified atom stereocenters. The lowest BCUT2D eigenvalue weighted by Gasteiger charge is -2.19. The first-order valence-corrected chi connectivity index (χ1v) is 6.34. The molecular formula is C8H19O2P. The Morgan fingerprint density at radius 1 is 1.27 bits per heavy atom. The fourth-order valence-corrected chi connectivity index (χ4v) is 2.33. The second kappa shape index (κ2) is 4.95. The Morgan fingerprint density at radius 2 is 1.73 bits per heavy atom. The Balaban J connectivity index is 3.97. The molecule has 0 spiro atoms. The Kier molecular flexibility index (Phi) is 5.03. The van der Waals surface area contributed by atoms with Crippen molar-refractivity contribution in [2.75, 3.05) is 12.3 Å². The lowest BCUT2D eigenvalue weighted by Crippen LogP contribution is -2.06. The highest BCUT2D eigenvalue weighted by molar-refractivity contribution is 7.58. The minimum Gasteiger partial charge on any atom is -0.325 e. The van der Waals surface area contributed by atoms with E-state index < -0.39 is 7.37 Å². The summed E-state index contributed by atoms with van der Waals surface area (Å²) < 4.78 is 17.1. The molecule has 1 atom stereocenters. The van der Waals surface area contributed by atoms with Crippen LogP contribution < -0.4 is 0 Å².